The van der Waals surface area contributed by atoms with E-state index in [0.717, 1.165) is 25.9 Å². The van der Waals surface area contributed by atoms with Gasteiger partial charge in [0.15, 0.2) is 4.34 Å². The Bertz CT molecular complexity index is 1100. The molecule has 0 aliphatic carbocycles. The summed E-state index contributed by atoms with van der Waals surface area (Å²) in [6, 6.07) is 21.3. The van der Waals surface area contributed by atoms with E-state index in [9.17, 15) is 5.26 Å². The number of hydrogen-bond acceptors (Lipinski definition) is 5. The van der Waals surface area contributed by atoms with E-state index in [-0.39, 0.29) is 0 Å². The summed E-state index contributed by atoms with van der Waals surface area (Å²) < 4.78 is 7.78. The van der Waals surface area contributed by atoms with Crippen LogP contribution in [0.5, 0.6) is 0 Å². The molecule has 0 saturated heterocycles. The van der Waals surface area contributed by atoms with Gasteiger partial charge in [-0.1, -0.05) is 23.7 Å². The number of aromatic nitrogens is 1. The van der Waals surface area contributed by atoms with Crippen LogP contribution in [-0.2, 0) is 0 Å². The van der Waals surface area contributed by atoms with Gasteiger partial charge in [-0.15, -0.1) is 11.3 Å². The molecule has 0 amide bonds. The van der Waals surface area contributed by atoms with E-state index in [1.165, 1.54) is 11.8 Å². The van der Waals surface area contributed by atoms with Crippen LogP contribution in [0.3, 0.4) is 0 Å². The number of rotatable bonds is 4. The number of benzene rings is 2. The molecule has 0 aliphatic heterocycles. The van der Waals surface area contributed by atoms with Gasteiger partial charge in [-0.2, -0.15) is 5.26 Å². The highest BCUT2D eigenvalue weighted by molar-refractivity contribution is 8.05. The first-order valence-electron chi connectivity index (χ1n) is 7.72. The van der Waals surface area contributed by atoms with E-state index in [4.69, 9.17) is 16.0 Å². The lowest BCUT2D eigenvalue weighted by atomic mass is 10.2. The van der Waals surface area contributed by atoms with Gasteiger partial charge in [0.2, 0.25) is 0 Å². The largest absolute Gasteiger partial charge is 0.457 e. The van der Waals surface area contributed by atoms with Crippen molar-refractivity contribution in [3.63, 3.8) is 0 Å². The fourth-order valence-electron chi connectivity index (χ4n) is 2.40. The van der Waals surface area contributed by atoms with Gasteiger partial charge in [-0.05, 0) is 60.3 Å². The standard InChI is InChI=1S/C20H11ClN2OS2/c21-14-7-5-13(6-8-14)18-10-9-15(24-18)11-16(12-22)25-20-23-17-3-1-2-4-19(17)26-20/h1-11H. The van der Waals surface area contributed by atoms with E-state index in [2.05, 4.69) is 11.1 Å². The first kappa shape index (κ1) is 16.9. The fraction of sp³-hybridized carbons (Fsp3) is 0. The highest BCUT2D eigenvalue weighted by Gasteiger charge is 2.09. The highest BCUT2D eigenvalue weighted by atomic mass is 35.5. The zero-order chi connectivity index (χ0) is 17.9. The first-order chi connectivity index (χ1) is 12.7. The summed E-state index contributed by atoms with van der Waals surface area (Å²) in [4.78, 5) is 5.08. The van der Waals surface area contributed by atoms with Crippen LogP contribution in [0.2, 0.25) is 5.02 Å². The molecule has 2 aromatic heterocycles. The lowest BCUT2D eigenvalue weighted by Crippen LogP contribution is -1.74. The average molecular weight is 395 g/mol. The van der Waals surface area contributed by atoms with Gasteiger partial charge in [0.25, 0.3) is 0 Å². The maximum absolute atomic E-state index is 9.46. The smallest absolute Gasteiger partial charge is 0.156 e. The Morgan fingerprint density at radius 1 is 1.12 bits per heavy atom. The Morgan fingerprint density at radius 3 is 2.69 bits per heavy atom. The zero-order valence-electron chi connectivity index (χ0n) is 13.3. The molecule has 0 bridgehead atoms. The molecule has 4 rings (SSSR count). The summed E-state index contributed by atoms with van der Waals surface area (Å²) >= 11 is 8.83. The molecule has 0 spiro atoms. The number of nitrogens with zero attached hydrogens (tertiary/aromatic N) is 2. The second-order valence-electron chi connectivity index (χ2n) is 5.38. The van der Waals surface area contributed by atoms with Gasteiger partial charge >= 0.3 is 0 Å². The van der Waals surface area contributed by atoms with Gasteiger partial charge < -0.3 is 4.42 Å². The molecular weight excluding hydrogens is 384 g/mol. The molecule has 4 aromatic rings. The van der Waals surface area contributed by atoms with Crippen molar-refractivity contribution in [2.75, 3.05) is 0 Å². The molecule has 0 fully saturated rings. The summed E-state index contributed by atoms with van der Waals surface area (Å²) in [5.41, 5.74) is 1.88. The molecule has 0 unspecified atom stereocenters. The topological polar surface area (TPSA) is 49.8 Å². The molecule has 3 nitrogen and oxygen atoms in total. The molecule has 0 atom stereocenters. The molecule has 2 heterocycles. The SMILES string of the molecule is N#CC(=Cc1ccc(-c2ccc(Cl)cc2)o1)Sc1nc2ccccc2s1. The third-order valence-corrected chi connectivity index (χ3v) is 5.89. The van der Waals surface area contributed by atoms with Crippen molar-refractivity contribution < 1.29 is 4.42 Å². The minimum Gasteiger partial charge on any atom is -0.457 e. The normalized spacial score (nSPS) is 11.6. The van der Waals surface area contributed by atoms with Crippen LogP contribution in [0.15, 0.2) is 74.3 Å². The zero-order valence-corrected chi connectivity index (χ0v) is 15.7. The molecule has 0 radical (unpaired) electrons. The summed E-state index contributed by atoms with van der Waals surface area (Å²) in [6.45, 7) is 0. The molecule has 0 aliphatic rings. The molecular formula is C20H11ClN2OS2. The number of nitriles is 1. The monoisotopic (exact) mass is 394 g/mol. The average Bonchev–Trinajstić information content (AvgIpc) is 3.28. The third-order valence-electron chi connectivity index (χ3n) is 3.61. The predicted molar refractivity (Wildman–Crippen MR) is 108 cm³/mol. The van der Waals surface area contributed by atoms with Gasteiger partial charge in [-0.3, -0.25) is 0 Å². The van der Waals surface area contributed by atoms with Crippen LogP contribution < -0.4 is 0 Å². The van der Waals surface area contributed by atoms with Crippen LogP contribution in [0.25, 0.3) is 27.6 Å². The van der Waals surface area contributed by atoms with E-state index in [0.29, 0.717) is 15.7 Å². The van der Waals surface area contributed by atoms with Gasteiger partial charge in [0.1, 0.15) is 17.6 Å². The minimum absolute atomic E-state index is 0.529. The first-order valence-corrected chi connectivity index (χ1v) is 9.73. The number of hydrogen-bond donors (Lipinski definition) is 0. The summed E-state index contributed by atoms with van der Waals surface area (Å²) in [7, 11) is 0. The van der Waals surface area contributed by atoms with Crippen molar-refractivity contribution in [3.05, 3.63) is 76.4 Å². The van der Waals surface area contributed by atoms with Gasteiger partial charge in [0.05, 0.1) is 15.1 Å². The highest BCUT2D eigenvalue weighted by Crippen LogP contribution is 2.35. The summed E-state index contributed by atoms with van der Waals surface area (Å²) in [5, 5.41) is 10.1. The minimum atomic E-state index is 0.529. The lowest BCUT2D eigenvalue weighted by Gasteiger charge is -1.97. The number of thiazole rings is 1. The molecule has 26 heavy (non-hydrogen) atoms. The van der Waals surface area contributed by atoms with E-state index < -0.39 is 0 Å². The maximum atomic E-state index is 9.46. The van der Waals surface area contributed by atoms with Gasteiger partial charge in [0, 0.05) is 16.7 Å². The van der Waals surface area contributed by atoms with Crippen molar-refractivity contribution >= 4 is 51.0 Å². The number of furan rings is 1. The maximum Gasteiger partial charge on any atom is 0.156 e. The number of fused-ring (bicyclic) bond motifs is 1. The third kappa shape index (κ3) is 3.68. The fourth-order valence-corrected chi connectivity index (χ4v) is 4.48. The van der Waals surface area contributed by atoms with E-state index >= 15 is 0 Å². The molecule has 2 aromatic carbocycles. The lowest BCUT2D eigenvalue weighted by molar-refractivity contribution is 0.572. The Balaban J connectivity index is 1.57. The Hall–Kier alpha value is -2.52. The number of allylic oxidation sites excluding steroid dienone is 1. The number of para-hydroxylation sites is 1. The Morgan fingerprint density at radius 2 is 1.92 bits per heavy atom. The quantitative estimate of drug-likeness (QED) is 0.280. The van der Waals surface area contributed by atoms with Gasteiger partial charge in [-0.25, -0.2) is 4.98 Å². The second kappa shape index (κ2) is 7.38. The Labute approximate surface area is 163 Å². The van der Waals surface area contributed by atoms with Crippen molar-refractivity contribution in [1.29, 1.82) is 5.26 Å². The molecule has 0 saturated carbocycles. The van der Waals surface area contributed by atoms with Crippen molar-refractivity contribution in [2.24, 2.45) is 0 Å². The summed E-state index contributed by atoms with van der Waals surface area (Å²) in [5.74, 6) is 1.36. The van der Waals surface area contributed by atoms with Crippen molar-refractivity contribution in [2.45, 2.75) is 4.34 Å². The molecule has 0 N–H and O–H groups in total. The van der Waals surface area contributed by atoms with E-state index in [1.54, 1.807) is 17.4 Å². The van der Waals surface area contributed by atoms with E-state index in [1.807, 2.05) is 60.7 Å². The number of thioether (sulfide) groups is 1. The van der Waals surface area contributed by atoms with Crippen LogP contribution in [0.4, 0.5) is 0 Å². The number of halogens is 1. The van der Waals surface area contributed by atoms with Crippen molar-refractivity contribution in [3.8, 4) is 17.4 Å². The van der Waals surface area contributed by atoms with Crippen LogP contribution in [0, 0.1) is 11.3 Å². The Kier molecular flexibility index (Phi) is 4.81. The summed E-state index contributed by atoms with van der Waals surface area (Å²) in [6.07, 6.45) is 1.73. The van der Waals surface area contributed by atoms with Crippen LogP contribution >= 0.6 is 34.7 Å². The van der Waals surface area contributed by atoms with Crippen molar-refractivity contribution in [1.82, 2.24) is 4.98 Å². The molecule has 126 valence electrons. The predicted octanol–water partition coefficient (Wildman–Crippen LogP) is 6.87. The van der Waals surface area contributed by atoms with Crippen LogP contribution in [-0.4, -0.2) is 4.98 Å². The molecule has 6 heteroatoms. The van der Waals surface area contributed by atoms with Crippen LogP contribution in [0.1, 0.15) is 5.76 Å². The second-order valence-corrected chi connectivity index (χ2v) is 8.14.